The zero-order valence-electron chi connectivity index (χ0n) is 12.2. The summed E-state index contributed by atoms with van der Waals surface area (Å²) >= 11 is 5.04. The van der Waals surface area contributed by atoms with Crippen molar-refractivity contribution in [2.45, 2.75) is 32.6 Å². The van der Waals surface area contributed by atoms with Crippen LogP contribution in [0.25, 0.3) is 0 Å². The molecule has 0 bridgehead atoms. The van der Waals surface area contributed by atoms with E-state index in [-0.39, 0.29) is 18.0 Å². The van der Waals surface area contributed by atoms with Crippen molar-refractivity contribution in [1.82, 2.24) is 9.62 Å². The number of nitrogens with one attached hydrogen (secondary N) is 1. The van der Waals surface area contributed by atoms with E-state index in [0.717, 1.165) is 9.35 Å². The topological polar surface area (TPSA) is 58.6 Å². The highest BCUT2D eigenvalue weighted by Gasteiger charge is 2.30. The van der Waals surface area contributed by atoms with Gasteiger partial charge in [-0.15, -0.1) is 11.3 Å². The Balaban J connectivity index is 1.78. The van der Waals surface area contributed by atoms with Crippen LogP contribution < -0.4 is 5.32 Å². The maximum atomic E-state index is 12.3. The average Bonchev–Trinajstić information content (AvgIpc) is 2.79. The second kappa shape index (κ2) is 7.52. The van der Waals surface area contributed by atoms with E-state index < -0.39 is 10.0 Å². The van der Waals surface area contributed by atoms with Crippen molar-refractivity contribution in [3.63, 3.8) is 0 Å². The highest BCUT2D eigenvalue weighted by atomic mass is 79.9. The lowest BCUT2D eigenvalue weighted by Crippen LogP contribution is -2.49. The van der Waals surface area contributed by atoms with Gasteiger partial charge in [-0.2, -0.15) is 4.31 Å². The van der Waals surface area contributed by atoms with Gasteiger partial charge in [-0.05, 0) is 46.8 Å². The molecule has 0 aromatic carbocycles. The molecule has 1 saturated heterocycles. The van der Waals surface area contributed by atoms with Crippen LogP contribution in [0.5, 0.6) is 0 Å². The third kappa shape index (κ3) is 5.30. The summed E-state index contributed by atoms with van der Waals surface area (Å²) < 4.78 is 32.8. The Labute approximate surface area is 138 Å². The van der Waals surface area contributed by atoms with Crippen LogP contribution in [-0.4, -0.2) is 50.3 Å². The van der Waals surface area contributed by atoms with Gasteiger partial charge in [-0.3, -0.25) is 0 Å². The van der Waals surface area contributed by atoms with Gasteiger partial charge in [0.2, 0.25) is 10.0 Å². The molecule has 120 valence electrons. The van der Waals surface area contributed by atoms with Crippen LogP contribution in [0.2, 0.25) is 0 Å². The number of morpholine rings is 1. The maximum Gasteiger partial charge on any atom is 0.215 e. The van der Waals surface area contributed by atoms with Crippen molar-refractivity contribution >= 4 is 37.3 Å². The standard InChI is InChI=1S/C13H21BrN2O3S2/c1-10-7-16(8-11(2)19-10)21(17,18)4-3-15-6-12-5-13(14)20-9-12/h5,9-11,15H,3-4,6-8H2,1-2H3/t10-,11-/m1/s1. The third-order valence-corrected chi connectivity index (χ3v) is 6.63. The molecule has 0 saturated carbocycles. The molecule has 2 rings (SSSR count). The molecule has 8 heteroatoms. The van der Waals surface area contributed by atoms with Gasteiger partial charge < -0.3 is 10.1 Å². The smallest absolute Gasteiger partial charge is 0.215 e. The van der Waals surface area contributed by atoms with E-state index in [1.54, 1.807) is 15.6 Å². The van der Waals surface area contributed by atoms with E-state index in [1.165, 1.54) is 0 Å². The summed E-state index contributed by atoms with van der Waals surface area (Å²) in [7, 11) is -3.21. The lowest BCUT2D eigenvalue weighted by Gasteiger charge is -2.34. The van der Waals surface area contributed by atoms with Crippen LogP contribution in [0.4, 0.5) is 0 Å². The fraction of sp³-hybridized carbons (Fsp3) is 0.692. The number of nitrogens with zero attached hydrogens (tertiary/aromatic N) is 1. The molecule has 1 aliphatic rings. The van der Waals surface area contributed by atoms with E-state index in [2.05, 4.69) is 26.6 Å². The van der Waals surface area contributed by atoms with Crippen molar-refractivity contribution in [3.05, 3.63) is 20.8 Å². The Kier molecular flexibility index (Phi) is 6.22. The summed E-state index contributed by atoms with van der Waals surface area (Å²) in [4.78, 5) is 0. The van der Waals surface area contributed by atoms with Crippen molar-refractivity contribution in [2.24, 2.45) is 0 Å². The molecule has 0 spiro atoms. The zero-order chi connectivity index (χ0) is 15.5. The average molecular weight is 397 g/mol. The van der Waals surface area contributed by atoms with Gasteiger partial charge in [0.1, 0.15) is 0 Å². The summed E-state index contributed by atoms with van der Waals surface area (Å²) in [5.74, 6) is 0.123. The third-order valence-electron chi connectivity index (χ3n) is 3.27. The fourth-order valence-corrected chi connectivity index (χ4v) is 5.10. The van der Waals surface area contributed by atoms with E-state index in [1.807, 2.05) is 19.9 Å². The molecule has 1 N–H and O–H groups in total. The monoisotopic (exact) mass is 396 g/mol. The molecule has 2 atom stereocenters. The quantitative estimate of drug-likeness (QED) is 0.747. The summed E-state index contributed by atoms with van der Waals surface area (Å²) in [6, 6.07) is 2.04. The van der Waals surface area contributed by atoms with E-state index in [4.69, 9.17) is 4.74 Å². The molecule has 1 fully saturated rings. The van der Waals surface area contributed by atoms with Crippen molar-refractivity contribution < 1.29 is 13.2 Å². The Morgan fingerprint density at radius 1 is 1.43 bits per heavy atom. The minimum atomic E-state index is -3.21. The Morgan fingerprint density at radius 2 is 2.10 bits per heavy atom. The first-order chi connectivity index (χ1) is 9.87. The minimum absolute atomic E-state index is 0.0420. The van der Waals surface area contributed by atoms with Crippen LogP contribution in [0.1, 0.15) is 19.4 Å². The predicted molar refractivity (Wildman–Crippen MR) is 89.1 cm³/mol. The fourth-order valence-electron chi connectivity index (χ4n) is 2.36. The molecule has 1 aromatic heterocycles. The molecule has 0 unspecified atom stereocenters. The van der Waals surface area contributed by atoms with Crippen LogP contribution in [0.3, 0.4) is 0 Å². The van der Waals surface area contributed by atoms with Gasteiger partial charge >= 0.3 is 0 Å². The van der Waals surface area contributed by atoms with Gasteiger partial charge in [0.15, 0.2) is 0 Å². The molecule has 0 radical (unpaired) electrons. The lowest BCUT2D eigenvalue weighted by molar-refractivity contribution is -0.0440. The lowest BCUT2D eigenvalue weighted by atomic mass is 10.3. The SMILES string of the molecule is C[C@@H]1CN(S(=O)(=O)CCNCc2csc(Br)c2)C[C@@H](C)O1. The maximum absolute atomic E-state index is 12.3. The van der Waals surface area contributed by atoms with E-state index >= 15 is 0 Å². The van der Waals surface area contributed by atoms with E-state index in [0.29, 0.717) is 26.2 Å². The molecule has 5 nitrogen and oxygen atoms in total. The number of halogens is 1. The molecule has 2 heterocycles. The van der Waals surface area contributed by atoms with Crippen LogP contribution in [0.15, 0.2) is 15.2 Å². The summed E-state index contributed by atoms with van der Waals surface area (Å²) in [6.07, 6.45) is -0.0840. The number of sulfonamides is 1. The normalized spacial score (nSPS) is 24.3. The summed E-state index contributed by atoms with van der Waals surface area (Å²) in [5, 5.41) is 5.23. The second-order valence-corrected chi connectivity index (χ2v) is 9.71. The molecule has 0 aliphatic carbocycles. The zero-order valence-corrected chi connectivity index (χ0v) is 15.4. The molecular formula is C13H21BrN2O3S2. The first kappa shape index (κ1) is 17.4. The minimum Gasteiger partial charge on any atom is -0.373 e. The van der Waals surface area contributed by atoms with Gasteiger partial charge in [0.25, 0.3) is 0 Å². The molecular weight excluding hydrogens is 376 g/mol. The number of rotatable bonds is 6. The van der Waals surface area contributed by atoms with Crippen molar-refractivity contribution in [2.75, 3.05) is 25.4 Å². The van der Waals surface area contributed by atoms with Gasteiger partial charge in [-0.1, -0.05) is 0 Å². The Bertz CT molecular complexity index is 552. The molecule has 21 heavy (non-hydrogen) atoms. The number of thiophene rings is 1. The molecule has 0 amide bonds. The van der Waals surface area contributed by atoms with Gasteiger partial charge in [0.05, 0.1) is 21.7 Å². The van der Waals surface area contributed by atoms with Crippen molar-refractivity contribution in [1.29, 1.82) is 0 Å². The van der Waals surface area contributed by atoms with E-state index in [9.17, 15) is 8.42 Å². The number of hydrogen-bond donors (Lipinski definition) is 1. The largest absolute Gasteiger partial charge is 0.373 e. The van der Waals surface area contributed by atoms with Crippen LogP contribution >= 0.6 is 27.3 Å². The van der Waals surface area contributed by atoms with Gasteiger partial charge in [-0.25, -0.2) is 8.42 Å². The Morgan fingerprint density at radius 3 is 2.67 bits per heavy atom. The number of ether oxygens (including phenoxy) is 1. The first-order valence-electron chi connectivity index (χ1n) is 6.94. The summed E-state index contributed by atoms with van der Waals surface area (Å²) in [5.41, 5.74) is 1.16. The Hall–Kier alpha value is 0.01000. The summed E-state index contributed by atoms with van der Waals surface area (Å²) in [6.45, 7) is 5.85. The van der Waals surface area contributed by atoms with Crippen LogP contribution in [0, 0.1) is 0 Å². The van der Waals surface area contributed by atoms with Crippen molar-refractivity contribution in [3.8, 4) is 0 Å². The first-order valence-corrected chi connectivity index (χ1v) is 10.2. The second-order valence-electron chi connectivity index (χ2n) is 5.33. The molecule has 1 aromatic rings. The highest BCUT2D eigenvalue weighted by Crippen LogP contribution is 2.20. The molecule has 1 aliphatic heterocycles. The van der Waals surface area contributed by atoms with Crippen LogP contribution in [-0.2, 0) is 21.3 Å². The van der Waals surface area contributed by atoms with Gasteiger partial charge in [0, 0.05) is 26.2 Å². The number of hydrogen-bond acceptors (Lipinski definition) is 5. The highest BCUT2D eigenvalue weighted by molar-refractivity contribution is 9.11. The predicted octanol–water partition coefficient (Wildman–Crippen LogP) is 2.04.